The molecule has 0 aliphatic heterocycles. The summed E-state index contributed by atoms with van der Waals surface area (Å²) >= 11 is 3.28. The van der Waals surface area contributed by atoms with Crippen LogP contribution >= 0.6 is 15.9 Å². The van der Waals surface area contributed by atoms with E-state index in [1.165, 1.54) is 16.8 Å². The van der Waals surface area contributed by atoms with Gasteiger partial charge in [0.05, 0.1) is 12.1 Å². The van der Waals surface area contributed by atoms with Crippen molar-refractivity contribution in [2.45, 2.75) is 20.4 Å². The maximum atomic E-state index is 12.1. The summed E-state index contributed by atoms with van der Waals surface area (Å²) in [6.07, 6.45) is 0. The van der Waals surface area contributed by atoms with Crippen LogP contribution in [0.4, 0.5) is 0 Å². The van der Waals surface area contributed by atoms with E-state index in [2.05, 4.69) is 21.0 Å². The minimum atomic E-state index is -1.03. The third-order valence-electron chi connectivity index (χ3n) is 3.33. The van der Waals surface area contributed by atoms with Gasteiger partial charge in [0.2, 0.25) is 0 Å². The van der Waals surface area contributed by atoms with Crippen LogP contribution in [0.5, 0.6) is 0 Å². The van der Waals surface area contributed by atoms with Crippen molar-refractivity contribution >= 4 is 21.9 Å². The molecule has 0 aliphatic rings. The Hall–Kier alpha value is -2.15. The molecule has 0 fully saturated rings. The second kappa shape index (κ2) is 5.69. The fourth-order valence-corrected chi connectivity index (χ4v) is 2.38. The number of nitrogens with zero attached hydrogens (tertiary/aromatic N) is 1. The number of aromatic amines is 1. The predicted molar refractivity (Wildman–Crippen MR) is 81.0 cm³/mol. The molecule has 2 aromatic rings. The van der Waals surface area contributed by atoms with Crippen LogP contribution in [-0.4, -0.2) is 20.9 Å². The first-order chi connectivity index (χ1) is 9.81. The van der Waals surface area contributed by atoms with E-state index in [9.17, 15) is 14.4 Å². The number of rotatable bonds is 3. The lowest BCUT2D eigenvalue weighted by Gasteiger charge is -2.10. The summed E-state index contributed by atoms with van der Waals surface area (Å²) in [6, 6.07) is 4.52. The Morgan fingerprint density at radius 2 is 1.95 bits per heavy atom. The van der Waals surface area contributed by atoms with Crippen LogP contribution in [0.15, 0.2) is 32.3 Å². The first kappa shape index (κ1) is 15.2. The molecule has 1 aromatic heterocycles. The third kappa shape index (κ3) is 2.97. The molecular formula is C14H13BrN2O4. The summed E-state index contributed by atoms with van der Waals surface area (Å²) in [6.45, 7) is 3.35. The molecule has 0 aliphatic carbocycles. The van der Waals surface area contributed by atoms with Gasteiger partial charge in [-0.25, -0.2) is 9.48 Å². The standard InChI is InChI=1S/C14H13BrN2O4/c1-7-8(2)13(19)17(16-12(7)18)6-10-4-3-9(14(20)21)5-11(10)15/h3-5H,6H2,1-2H3,(H,16,18)(H,20,21). The van der Waals surface area contributed by atoms with E-state index in [0.29, 0.717) is 21.2 Å². The van der Waals surface area contributed by atoms with Gasteiger partial charge in [-0.2, -0.15) is 0 Å². The van der Waals surface area contributed by atoms with Gasteiger partial charge in [0.25, 0.3) is 11.1 Å². The van der Waals surface area contributed by atoms with Crippen molar-refractivity contribution in [1.82, 2.24) is 9.78 Å². The highest BCUT2D eigenvalue weighted by Crippen LogP contribution is 2.19. The van der Waals surface area contributed by atoms with E-state index in [0.717, 1.165) is 0 Å². The molecular weight excluding hydrogens is 340 g/mol. The van der Waals surface area contributed by atoms with Crippen LogP contribution in [0.1, 0.15) is 27.0 Å². The van der Waals surface area contributed by atoms with Gasteiger partial charge in [-0.05, 0) is 31.5 Å². The monoisotopic (exact) mass is 352 g/mol. The number of nitrogens with one attached hydrogen (secondary N) is 1. The molecule has 0 bridgehead atoms. The number of hydrogen-bond acceptors (Lipinski definition) is 3. The van der Waals surface area contributed by atoms with Crippen LogP contribution in [0.2, 0.25) is 0 Å². The van der Waals surface area contributed by atoms with Crippen molar-refractivity contribution in [2.24, 2.45) is 0 Å². The molecule has 0 spiro atoms. The van der Waals surface area contributed by atoms with Crippen molar-refractivity contribution in [1.29, 1.82) is 0 Å². The summed E-state index contributed by atoms with van der Waals surface area (Å²) in [5, 5.41) is 11.4. The normalized spacial score (nSPS) is 10.6. The Morgan fingerprint density at radius 1 is 1.29 bits per heavy atom. The lowest BCUT2D eigenvalue weighted by molar-refractivity contribution is 0.0697. The summed E-state index contributed by atoms with van der Waals surface area (Å²) in [5.41, 5.74) is 1.05. The number of carboxylic acid groups (broad SMARTS) is 1. The Bertz CT molecular complexity index is 836. The van der Waals surface area contributed by atoms with Crippen molar-refractivity contribution in [3.05, 3.63) is 65.6 Å². The molecule has 2 rings (SSSR count). The minimum Gasteiger partial charge on any atom is -0.478 e. The van der Waals surface area contributed by atoms with Crippen LogP contribution in [0.3, 0.4) is 0 Å². The molecule has 0 saturated heterocycles. The van der Waals surface area contributed by atoms with Gasteiger partial charge in [0, 0.05) is 15.6 Å². The second-order valence-corrected chi connectivity index (χ2v) is 5.55. The minimum absolute atomic E-state index is 0.145. The van der Waals surface area contributed by atoms with Gasteiger partial charge < -0.3 is 5.11 Å². The summed E-state index contributed by atoms with van der Waals surface area (Å²) < 4.78 is 1.78. The topological polar surface area (TPSA) is 92.2 Å². The average Bonchev–Trinajstić information content (AvgIpc) is 2.44. The molecule has 2 N–H and O–H groups in total. The molecule has 0 amide bonds. The van der Waals surface area contributed by atoms with Gasteiger partial charge in [-0.3, -0.25) is 14.7 Å². The van der Waals surface area contributed by atoms with E-state index in [-0.39, 0.29) is 23.2 Å². The quantitative estimate of drug-likeness (QED) is 0.878. The molecule has 7 heteroatoms. The molecule has 0 atom stereocenters. The lowest BCUT2D eigenvalue weighted by Crippen LogP contribution is -2.33. The zero-order chi connectivity index (χ0) is 15.7. The fraction of sp³-hybridized carbons (Fsp3) is 0.214. The van der Waals surface area contributed by atoms with E-state index >= 15 is 0 Å². The Kier molecular flexibility index (Phi) is 4.13. The third-order valence-corrected chi connectivity index (χ3v) is 4.07. The van der Waals surface area contributed by atoms with Crippen molar-refractivity contribution < 1.29 is 9.90 Å². The predicted octanol–water partition coefficient (Wildman–Crippen LogP) is 1.66. The highest BCUT2D eigenvalue weighted by Gasteiger charge is 2.11. The Labute approximate surface area is 128 Å². The maximum absolute atomic E-state index is 12.1. The maximum Gasteiger partial charge on any atom is 0.335 e. The number of aromatic carboxylic acids is 1. The van der Waals surface area contributed by atoms with E-state index in [1.54, 1.807) is 19.9 Å². The molecule has 1 aromatic carbocycles. The number of carbonyl (C=O) groups is 1. The van der Waals surface area contributed by atoms with Crippen molar-refractivity contribution in [3.63, 3.8) is 0 Å². The van der Waals surface area contributed by atoms with Gasteiger partial charge >= 0.3 is 5.97 Å². The number of halogens is 1. The zero-order valence-electron chi connectivity index (χ0n) is 11.4. The second-order valence-electron chi connectivity index (χ2n) is 4.69. The number of H-pyrrole nitrogens is 1. The summed E-state index contributed by atoms with van der Waals surface area (Å²) in [7, 11) is 0. The summed E-state index contributed by atoms with van der Waals surface area (Å²) in [4.78, 5) is 34.7. The van der Waals surface area contributed by atoms with Gasteiger partial charge in [0.1, 0.15) is 0 Å². The van der Waals surface area contributed by atoms with Crippen LogP contribution in [0, 0.1) is 13.8 Å². The van der Waals surface area contributed by atoms with E-state index < -0.39 is 5.97 Å². The zero-order valence-corrected chi connectivity index (χ0v) is 13.0. The number of aromatic nitrogens is 2. The van der Waals surface area contributed by atoms with Crippen LogP contribution < -0.4 is 11.1 Å². The van der Waals surface area contributed by atoms with Crippen LogP contribution in [0.25, 0.3) is 0 Å². The van der Waals surface area contributed by atoms with Crippen molar-refractivity contribution in [2.75, 3.05) is 0 Å². The van der Waals surface area contributed by atoms with Gasteiger partial charge in [0.15, 0.2) is 0 Å². The first-order valence-electron chi connectivity index (χ1n) is 6.13. The van der Waals surface area contributed by atoms with Crippen molar-refractivity contribution in [3.8, 4) is 0 Å². The number of hydrogen-bond donors (Lipinski definition) is 2. The molecule has 0 unspecified atom stereocenters. The average molecular weight is 353 g/mol. The number of carboxylic acids is 1. The van der Waals surface area contributed by atoms with E-state index in [4.69, 9.17) is 5.11 Å². The molecule has 0 radical (unpaired) electrons. The molecule has 6 nitrogen and oxygen atoms in total. The van der Waals surface area contributed by atoms with Gasteiger partial charge in [-0.15, -0.1) is 0 Å². The molecule has 110 valence electrons. The summed E-state index contributed by atoms with van der Waals surface area (Å²) in [5.74, 6) is -1.03. The van der Waals surface area contributed by atoms with E-state index in [1.807, 2.05) is 0 Å². The first-order valence-corrected chi connectivity index (χ1v) is 6.92. The number of benzene rings is 1. The highest BCUT2D eigenvalue weighted by molar-refractivity contribution is 9.10. The SMILES string of the molecule is Cc1c(C)c(=O)n(Cc2ccc(C(=O)O)cc2Br)[nH]c1=O. The lowest BCUT2D eigenvalue weighted by atomic mass is 10.1. The molecule has 1 heterocycles. The highest BCUT2D eigenvalue weighted by atomic mass is 79.9. The smallest absolute Gasteiger partial charge is 0.335 e. The molecule has 0 saturated carbocycles. The van der Waals surface area contributed by atoms with Gasteiger partial charge in [-0.1, -0.05) is 22.0 Å². The fourth-order valence-electron chi connectivity index (χ4n) is 1.88. The Morgan fingerprint density at radius 3 is 2.52 bits per heavy atom. The Balaban J connectivity index is 2.46. The largest absolute Gasteiger partial charge is 0.478 e. The van der Waals surface area contributed by atoms with Crippen LogP contribution in [-0.2, 0) is 6.54 Å². The molecule has 21 heavy (non-hydrogen) atoms.